The van der Waals surface area contributed by atoms with Crippen LogP contribution in [-0.2, 0) is 35.1 Å². The molecule has 2 rings (SSSR count). The van der Waals surface area contributed by atoms with Crippen LogP contribution in [0.15, 0.2) is 8.24 Å². The van der Waals surface area contributed by atoms with Gasteiger partial charge in [-0.15, -0.1) is 11.3 Å². The second kappa shape index (κ2) is 9.47. The van der Waals surface area contributed by atoms with Gasteiger partial charge in [0.1, 0.15) is 9.22 Å². The van der Waals surface area contributed by atoms with Gasteiger partial charge in [0.05, 0.1) is 25.5 Å². The van der Waals surface area contributed by atoms with Gasteiger partial charge in [0.25, 0.3) is 0 Å². The highest BCUT2D eigenvalue weighted by Gasteiger charge is 2.45. The molecule has 7 nitrogen and oxygen atoms in total. The molecule has 198 valence electrons. The summed E-state index contributed by atoms with van der Waals surface area (Å²) < 4.78 is 36.8. The van der Waals surface area contributed by atoms with E-state index in [0.29, 0.717) is 14.9 Å². The van der Waals surface area contributed by atoms with Gasteiger partial charge in [-0.05, 0) is 50.1 Å². The summed E-state index contributed by atoms with van der Waals surface area (Å²) in [5, 5.41) is 11.5. The van der Waals surface area contributed by atoms with Crippen molar-refractivity contribution >= 4 is 47.5 Å². The maximum absolute atomic E-state index is 13.9. The van der Waals surface area contributed by atoms with Gasteiger partial charge >= 0.3 is 0 Å². The molecule has 1 unspecified atom stereocenters. The Morgan fingerprint density at radius 1 is 1.12 bits per heavy atom. The summed E-state index contributed by atoms with van der Waals surface area (Å²) in [6, 6.07) is 0. The van der Waals surface area contributed by atoms with E-state index in [2.05, 4.69) is 67.7 Å². The van der Waals surface area contributed by atoms with Crippen molar-refractivity contribution < 1.29 is 23.2 Å². The van der Waals surface area contributed by atoms with Crippen molar-refractivity contribution in [1.29, 1.82) is 0 Å². The lowest BCUT2D eigenvalue weighted by Crippen LogP contribution is -2.49. The number of hydrogen-bond donors (Lipinski definition) is 1. The van der Waals surface area contributed by atoms with Gasteiger partial charge in [-0.1, -0.05) is 41.5 Å². The van der Waals surface area contributed by atoms with Crippen LogP contribution in [-0.4, -0.2) is 49.9 Å². The number of hydrogen-bond acceptors (Lipinski definition) is 8. The number of nitrogens with zero attached hydrogens (tertiary/aromatic N) is 2. The fourth-order valence-corrected chi connectivity index (χ4v) is 11.6. The van der Waals surface area contributed by atoms with Crippen LogP contribution in [0.1, 0.15) is 66.1 Å². The fraction of sp³-hybridized carbons (Fsp3) is 0.864. The van der Waals surface area contributed by atoms with E-state index in [9.17, 15) is 9.32 Å². The third-order valence-electron chi connectivity index (χ3n) is 7.16. The Morgan fingerprint density at radius 2 is 1.62 bits per heavy atom. The van der Waals surface area contributed by atoms with Gasteiger partial charge in [0, 0.05) is 10.7 Å². The number of halogens is 1. The summed E-state index contributed by atoms with van der Waals surface area (Å²) in [6.45, 7) is 24.9. The zero-order valence-electron chi connectivity index (χ0n) is 22.8. The molecular formula is C22H43ClN2O5S2Si2. The molecule has 1 saturated heterocycles. The molecule has 1 N–H and O–H groups in total. The van der Waals surface area contributed by atoms with Crippen LogP contribution in [0.3, 0.4) is 0 Å². The first-order valence-corrected chi connectivity index (χ1v) is 20.6. The summed E-state index contributed by atoms with van der Waals surface area (Å²) in [5.74, 6) is -0.793. The minimum Gasteiger partial charge on any atom is -0.411 e. The number of aliphatic hydroxyl groups is 1. The Balaban J connectivity index is 2.59. The van der Waals surface area contributed by atoms with Gasteiger partial charge in [-0.25, -0.2) is 9.19 Å². The normalized spacial score (nSPS) is 21.2. The summed E-state index contributed by atoms with van der Waals surface area (Å²) >= 11 is 1.12. The molecule has 2 heterocycles. The summed E-state index contributed by atoms with van der Waals surface area (Å²) in [6.07, 6.45) is 0. The Morgan fingerprint density at radius 3 is 2.06 bits per heavy atom. The molecular weight excluding hydrogens is 528 g/mol. The van der Waals surface area contributed by atoms with E-state index in [0.717, 1.165) is 11.3 Å². The first kappa shape index (κ1) is 30.4. The van der Waals surface area contributed by atoms with E-state index >= 15 is 0 Å². The van der Waals surface area contributed by atoms with E-state index in [1.807, 2.05) is 0 Å². The first-order valence-electron chi connectivity index (χ1n) is 11.5. The monoisotopic (exact) mass is 570 g/mol. The summed E-state index contributed by atoms with van der Waals surface area (Å²) in [4.78, 5) is 4.69. The highest BCUT2D eigenvalue weighted by atomic mass is 35.7. The second-order valence-electron chi connectivity index (χ2n) is 12.7. The van der Waals surface area contributed by atoms with Crippen molar-refractivity contribution in [1.82, 2.24) is 4.98 Å². The maximum Gasteiger partial charge on any atom is 0.194 e. The predicted molar refractivity (Wildman–Crippen MR) is 146 cm³/mol. The summed E-state index contributed by atoms with van der Waals surface area (Å²) in [7, 11) is -1.05. The molecule has 1 aromatic rings. The van der Waals surface area contributed by atoms with Crippen LogP contribution >= 0.6 is 22.0 Å². The molecule has 0 bridgehead atoms. The lowest BCUT2D eigenvalue weighted by atomic mass is 10.1. The predicted octanol–water partition coefficient (Wildman–Crippen LogP) is 6.62. The molecule has 1 aromatic heterocycles. The summed E-state index contributed by atoms with van der Waals surface area (Å²) in [5.41, 5.74) is -1.00. The van der Waals surface area contributed by atoms with Crippen molar-refractivity contribution in [3.8, 4) is 0 Å². The molecule has 1 atom stereocenters. The SMILES string of the molecule is CC1(C)OCC(O)(c2nc(CO[Si](C)(C)C(C)(C)C)c(S(=O)(Cl)=N[Si](C)(C)C(C)(C)C)s2)CO1. The number of rotatable bonds is 6. The van der Waals surface area contributed by atoms with Gasteiger partial charge in [0.2, 0.25) is 0 Å². The zero-order valence-corrected chi connectivity index (χ0v) is 27.2. The second-order valence-corrected chi connectivity index (χ2v) is 26.7. The first-order chi connectivity index (χ1) is 14.9. The topological polar surface area (TPSA) is 90.2 Å². The van der Waals surface area contributed by atoms with Gasteiger partial charge < -0.3 is 19.0 Å². The van der Waals surface area contributed by atoms with Gasteiger partial charge in [-0.3, -0.25) is 4.03 Å². The Hall–Kier alpha value is 0.144. The van der Waals surface area contributed by atoms with E-state index < -0.39 is 36.9 Å². The van der Waals surface area contributed by atoms with Crippen LogP contribution in [0.2, 0.25) is 36.3 Å². The Labute approximate surface area is 216 Å². The highest BCUT2D eigenvalue weighted by molar-refractivity contribution is 8.17. The van der Waals surface area contributed by atoms with Crippen molar-refractivity contribution in [2.24, 2.45) is 4.03 Å². The maximum atomic E-state index is 13.9. The van der Waals surface area contributed by atoms with E-state index in [-0.39, 0.29) is 29.9 Å². The molecule has 1 aliphatic rings. The van der Waals surface area contributed by atoms with Gasteiger partial charge in [-0.2, -0.15) is 0 Å². The number of aromatic nitrogens is 1. The molecule has 34 heavy (non-hydrogen) atoms. The van der Waals surface area contributed by atoms with Crippen molar-refractivity contribution in [3.05, 3.63) is 10.7 Å². The molecule has 1 fully saturated rings. The van der Waals surface area contributed by atoms with E-state index in [4.69, 9.17) is 33.6 Å². The molecule has 0 amide bonds. The molecule has 1 aliphatic heterocycles. The van der Waals surface area contributed by atoms with Crippen LogP contribution in [0.25, 0.3) is 0 Å². The van der Waals surface area contributed by atoms with Crippen LogP contribution in [0, 0.1) is 0 Å². The van der Waals surface area contributed by atoms with Crippen molar-refractivity contribution in [2.45, 2.75) is 114 Å². The smallest absolute Gasteiger partial charge is 0.194 e. The third kappa shape index (κ3) is 6.71. The van der Waals surface area contributed by atoms with Crippen molar-refractivity contribution in [2.75, 3.05) is 13.2 Å². The molecule has 0 aromatic carbocycles. The minimum atomic E-state index is -3.29. The third-order valence-corrected chi connectivity index (χ3v) is 22.1. The molecule has 0 saturated carbocycles. The average Bonchev–Trinajstić information content (AvgIpc) is 3.06. The quantitative estimate of drug-likeness (QED) is 0.305. The highest BCUT2D eigenvalue weighted by Crippen LogP contribution is 2.43. The minimum absolute atomic E-state index is 0.00522. The molecule has 12 heteroatoms. The average molecular weight is 571 g/mol. The lowest BCUT2D eigenvalue weighted by Gasteiger charge is -2.39. The lowest BCUT2D eigenvalue weighted by molar-refractivity contribution is -0.304. The zero-order chi connectivity index (χ0) is 26.6. The number of ether oxygens (including phenoxy) is 2. The van der Waals surface area contributed by atoms with Crippen LogP contribution in [0.5, 0.6) is 0 Å². The molecule has 0 radical (unpaired) electrons. The standard InChI is InChI=1S/C22H43ClN2O5S2Si2/c1-19(2,3)33(9,10)25-32(23,27)17-16(13-30-34(11,12)20(4,5)6)24-18(31-17)22(26)14-28-21(7,8)29-15-22/h26H,13-15H2,1-12H3. The molecule has 0 aliphatic carbocycles. The Bertz CT molecular complexity index is 1010. The fourth-order valence-electron chi connectivity index (χ4n) is 2.56. The van der Waals surface area contributed by atoms with Crippen molar-refractivity contribution in [3.63, 3.8) is 0 Å². The van der Waals surface area contributed by atoms with Gasteiger partial charge in [0.15, 0.2) is 36.9 Å². The number of thiazole rings is 1. The van der Waals surface area contributed by atoms with Crippen LogP contribution < -0.4 is 0 Å². The largest absolute Gasteiger partial charge is 0.411 e. The van der Waals surface area contributed by atoms with E-state index in [1.54, 1.807) is 13.8 Å². The van der Waals surface area contributed by atoms with E-state index in [1.165, 1.54) is 0 Å². The van der Waals surface area contributed by atoms with Crippen LogP contribution in [0.4, 0.5) is 0 Å². The Kier molecular flexibility index (Phi) is 8.46. The molecule has 0 spiro atoms.